The zero-order valence-corrected chi connectivity index (χ0v) is 9.61. The lowest BCUT2D eigenvalue weighted by Gasteiger charge is -2.05. The standard InChI is InChI=1S/C13H21NO/c1-2-3-4-5-6-7-12-15-13-8-10-14-11-9-13/h8-11H,2-7,12H2,1H3. The largest absolute Gasteiger partial charge is 0.493 e. The van der Waals surface area contributed by atoms with Gasteiger partial charge in [-0.05, 0) is 18.6 Å². The highest BCUT2D eigenvalue weighted by Crippen LogP contribution is 2.09. The first kappa shape index (κ1) is 12.0. The van der Waals surface area contributed by atoms with Crippen molar-refractivity contribution in [1.82, 2.24) is 4.98 Å². The predicted molar refractivity (Wildman–Crippen MR) is 63.1 cm³/mol. The second kappa shape index (κ2) is 8.27. The second-order valence-electron chi connectivity index (χ2n) is 3.80. The predicted octanol–water partition coefficient (Wildman–Crippen LogP) is 3.82. The lowest BCUT2D eigenvalue weighted by atomic mass is 10.1. The van der Waals surface area contributed by atoms with Crippen LogP contribution < -0.4 is 4.74 Å². The highest BCUT2D eigenvalue weighted by atomic mass is 16.5. The molecule has 0 aliphatic rings. The molecule has 0 unspecified atom stereocenters. The lowest BCUT2D eigenvalue weighted by molar-refractivity contribution is 0.304. The third-order valence-corrected chi connectivity index (χ3v) is 2.42. The molecule has 0 atom stereocenters. The quantitative estimate of drug-likeness (QED) is 0.604. The van der Waals surface area contributed by atoms with E-state index in [9.17, 15) is 0 Å². The Labute approximate surface area is 92.7 Å². The Bertz CT molecular complexity index is 236. The first-order valence-electron chi connectivity index (χ1n) is 5.96. The molecule has 2 heteroatoms. The monoisotopic (exact) mass is 207 g/mol. The van der Waals surface area contributed by atoms with Crippen LogP contribution in [0.3, 0.4) is 0 Å². The molecule has 0 saturated carbocycles. The Hall–Kier alpha value is -1.05. The second-order valence-corrected chi connectivity index (χ2v) is 3.80. The number of rotatable bonds is 8. The SMILES string of the molecule is CCCCCCCCOc1ccncc1. The van der Waals surface area contributed by atoms with Gasteiger partial charge in [-0.2, -0.15) is 0 Å². The molecule has 2 nitrogen and oxygen atoms in total. The maximum absolute atomic E-state index is 5.57. The summed E-state index contributed by atoms with van der Waals surface area (Å²) in [5.41, 5.74) is 0. The zero-order valence-electron chi connectivity index (χ0n) is 9.61. The minimum Gasteiger partial charge on any atom is -0.493 e. The number of hydrogen-bond donors (Lipinski definition) is 0. The van der Waals surface area contributed by atoms with Crippen molar-refractivity contribution < 1.29 is 4.74 Å². The molecule has 0 amide bonds. The van der Waals surface area contributed by atoms with Crippen molar-refractivity contribution >= 4 is 0 Å². The average molecular weight is 207 g/mol. The minimum atomic E-state index is 0.830. The molecule has 1 heterocycles. The van der Waals surface area contributed by atoms with E-state index in [1.807, 2.05) is 12.1 Å². The summed E-state index contributed by atoms with van der Waals surface area (Å²) in [4.78, 5) is 3.94. The highest BCUT2D eigenvalue weighted by Gasteiger charge is 1.92. The molecular weight excluding hydrogens is 186 g/mol. The van der Waals surface area contributed by atoms with E-state index in [2.05, 4.69) is 11.9 Å². The summed E-state index contributed by atoms with van der Waals surface area (Å²) in [7, 11) is 0. The Morgan fingerprint density at radius 1 is 1.00 bits per heavy atom. The van der Waals surface area contributed by atoms with Crippen molar-refractivity contribution in [1.29, 1.82) is 0 Å². The molecule has 0 fully saturated rings. The smallest absolute Gasteiger partial charge is 0.122 e. The Morgan fingerprint density at radius 2 is 1.67 bits per heavy atom. The number of nitrogens with zero attached hydrogens (tertiary/aromatic N) is 1. The van der Waals surface area contributed by atoms with Gasteiger partial charge in [-0.3, -0.25) is 4.98 Å². The highest BCUT2D eigenvalue weighted by molar-refractivity contribution is 5.16. The van der Waals surface area contributed by atoms with Crippen molar-refractivity contribution in [2.75, 3.05) is 6.61 Å². The van der Waals surface area contributed by atoms with Crippen molar-refractivity contribution in [2.45, 2.75) is 45.4 Å². The molecule has 1 rings (SSSR count). The third kappa shape index (κ3) is 6.10. The fourth-order valence-electron chi connectivity index (χ4n) is 1.51. The number of hydrogen-bond acceptors (Lipinski definition) is 2. The van der Waals surface area contributed by atoms with Gasteiger partial charge in [-0.1, -0.05) is 39.0 Å². The zero-order chi connectivity index (χ0) is 10.8. The van der Waals surface area contributed by atoms with Gasteiger partial charge in [-0.15, -0.1) is 0 Å². The minimum absolute atomic E-state index is 0.830. The van der Waals surface area contributed by atoms with Gasteiger partial charge >= 0.3 is 0 Å². The van der Waals surface area contributed by atoms with E-state index in [0.717, 1.165) is 18.8 Å². The van der Waals surface area contributed by atoms with Crippen LogP contribution in [0.2, 0.25) is 0 Å². The van der Waals surface area contributed by atoms with E-state index >= 15 is 0 Å². The van der Waals surface area contributed by atoms with Crippen LogP contribution in [0.25, 0.3) is 0 Å². The molecule has 0 N–H and O–H groups in total. The first-order chi connectivity index (χ1) is 7.43. The van der Waals surface area contributed by atoms with E-state index in [1.54, 1.807) is 12.4 Å². The van der Waals surface area contributed by atoms with Gasteiger partial charge in [0.2, 0.25) is 0 Å². The first-order valence-corrected chi connectivity index (χ1v) is 5.96. The van der Waals surface area contributed by atoms with E-state index in [4.69, 9.17) is 4.74 Å². The van der Waals surface area contributed by atoms with Gasteiger partial charge in [0.1, 0.15) is 5.75 Å². The van der Waals surface area contributed by atoms with Crippen molar-refractivity contribution in [2.24, 2.45) is 0 Å². The van der Waals surface area contributed by atoms with Crippen LogP contribution in [0.1, 0.15) is 45.4 Å². The molecular formula is C13H21NO. The molecule has 0 radical (unpaired) electrons. The van der Waals surface area contributed by atoms with Crippen molar-refractivity contribution in [3.63, 3.8) is 0 Å². The van der Waals surface area contributed by atoms with Crippen LogP contribution in [0.4, 0.5) is 0 Å². The van der Waals surface area contributed by atoms with Crippen LogP contribution in [0.15, 0.2) is 24.5 Å². The summed E-state index contributed by atoms with van der Waals surface area (Å²) in [5, 5.41) is 0. The van der Waals surface area contributed by atoms with Gasteiger partial charge in [0.05, 0.1) is 6.61 Å². The number of aromatic nitrogens is 1. The maximum atomic E-state index is 5.57. The van der Waals surface area contributed by atoms with Crippen molar-refractivity contribution in [3.05, 3.63) is 24.5 Å². The summed E-state index contributed by atoms with van der Waals surface area (Å²) in [6.07, 6.45) is 11.3. The number of unbranched alkanes of at least 4 members (excludes halogenated alkanes) is 5. The topological polar surface area (TPSA) is 22.1 Å². The van der Waals surface area contributed by atoms with E-state index in [-0.39, 0.29) is 0 Å². The molecule has 1 aromatic heterocycles. The van der Waals surface area contributed by atoms with Gasteiger partial charge in [-0.25, -0.2) is 0 Å². The fourth-order valence-corrected chi connectivity index (χ4v) is 1.51. The molecule has 0 spiro atoms. The number of ether oxygens (including phenoxy) is 1. The molecule has 15 heavy (non-hydrogen) atoms. The van der Waals surface area contributed by atoms with Crippen LogP contribution in [-0.4, -0.2) is 11.6 Å². The van der Waals surface area contributed by atoms with Gasteiger partial charge in [0, 0.05) is 12.4 Å². The average Bonchev–Trinajstić information content (AvgIpc) is 2.29. The summed E-state index contributed by atoms with van der Waals surface area (Å²) in [6.45, 7) is 3.07. The number of pyridine rings is 1. The summed E-state index contributed by atoms with van der Waals surface area (Å²) in [6, 6.07) is 3.80. The Morgan fingerprint density at radius 3 is 2.40 bits per heavy atom. The van der Waals surface area contributed by atoms with Crippen LogP contribution >= 0.6 is 0 Å². The maximum Gasteiger partial charge on any atom is 0.122 e. The summed E-state index contributed by atoms with van der Waals surface area (Å²) < 4.78 is 5.57. The molecule has 0 saturated heterocycles. The Balaban J connectivity index is 1.93. The molecule has 84 valence electrons. The summed E-state index contributed by atoms with van der Waals surface area (Å²) in [5.74, 6) is 0.929. The van der Waals surface area contributed by atoms with Crippen LogP contribution in [0, 0.1) is 0 Å². The van der Waals surface area contributed by atoms with Gasteiger partial charge in [0.25, 0.3) is 0 Å². The fraction of sp³-hybridized carbons (Fsp3) is 0.615. The summed E-state index contributed by atoms with van der Waals surface area (Å²) >= 11 is 0. The molecule has 1 aromatic rings. The van der Waals surface area contributed by atoms with E-state index in [0.29, 0.717) is 0 Å². The normalized spacial score (nSPS) is 10.2. The third-order valence-electron chi connectivity index (χ3n) is 2.42. The lowest BCUT2D eigenvalue weighted by Crippen LogP contribution is -1.97. The van der Waals surface area contributed by atoms with Crippen molar-refractivity contribution in [3.8, 4) is 5.75 Å². The van der Waals surface area contributed by atoms with E-state index in [1.165, 1.54) is 32.1 Å². The Kier molecular flexibility index (Phi) is 6.63. The van der Waals surface area contributed by atoms with Crippen LogP contribution in [0.5, 0.6) is 5.75 Å². The van der Waals surface area contributed by atoms with Gasteiger partial charge in [0.15, 0.2) is 0 Å². The molecule has 0 bridgehead atoms. The van der Waals surface area contributed by atoms with Gasteiger partial charge < -0.3 is 4.74 Å². The molecule has 0 aromatic carbocycles. The molecule has 0 aliphatic carbocycles. The van der Waals surface area contributed by atoms with E-state index < -0.39 is 0 Å². The van der Waals surface area contributed by atoms with Crippen LogP contribution in [-0.2, 0) is 0 Å². The molecule has 0 aliphatic heterocycles.